The fraction of sp³-hybridized carbons (Fsp3) is 0.235. The average molecular weight is 701 g/mol. The molecule has 2 atom stereocenters. The third-order valence-corrected chi connectivity index (χ3v) is 24.7. The Morgan fingerprint density at radius 3 is 1.29 bits per heavy atom. The molecule has 3 aliphatic rings. The summed E-state index contributed by atoms with van der Waals surface area (Å²) in [6.07, 6.45) is 0. The van der Waals surface area contributed by atoms with Crippen LogP contribution in [-0.2, 0) is 0 Å². The Morgan fingerprint density at radius 1 is 0.561 bits per heavy atom. The third-order valence-electron chi connectivity index (χ3n) is 8.67. The van der Waals surface area contributed by atoms with Crippen molar-refractivity contribution >= 4 is 43.9 Å². The van der Waals surface area contributed by atoms with E-state index in [9.17, 15) is 0 Å². The van der Waals surface area contributed by atoms with E-state index < -0.39 is 14.6 Å². The van der Waals surface area contributed by atoms with Crippen LogP contribution < -0.4 is 6.20 Å². The van der Waals surface area contributed by atoms with Crippen LogP contribution in [0, 0.1) is 27.7 Å². The Balaban J connectivity index is 1.73. The molecule has 4 aromatic rings. The van der Waals surface area contributed by atoms with Crippen LogP contribution in [0.4, 0.5) is 0 Å². The summed E-state index contributed by atoms with van der Waals surface area (Å²) in [4.78, 5) is 0. The van der Waals surface area contributed by atoms with Gasteiger partial charge in [0.05, 0.1) is 0 Å². The van der Waals surface area contributed by atoms with Crippen molar-refractivity contribution in [1.82, 2.24) is 0 Å². The Bertz CT molecular complexity index is 1740. The van der Waals surface area contributed by atoms with Gasteiger partial charge in [0.25, 0.3) is 0 Å². The zero-order valence-corrected chi connectivity index (χ0v) is 28.0. The zero-order valence-electron chi connectivity index (χ0n) is 24.1. The van der Waals surface area contributed by atoms with E-state index in [0.717, 1.165) is 55.9 Å². The van der Waals surface area contributed by atoms with Crippen LogP contribution in [0.15, 0.2) is 84.9 Å². The molecule has 0 radical (unpaired) electrons. The van der Waals surface area contributed by atoms with E-state index in [1.165, 1.54) is 0 Å². The van der Waals surface area contributed by atoms with Crippen LogP contribution in [0.1, 0.15) is 70.4 Å². The maximum absolute atomic E-state index is 8.37. The first-order chi connectivity index (χ1) is 19.4. The first kappa shape index (κ1) is 27.0. The van der Waals surface area contributed by atoms with Crippen LogP contribution in [0.25, 0.3) is 0 Å². The van der Waals surface area contributed by atoms with Crippen molar-refractivity contribution in [1.29, 1.82) is 0 Å². The van der Waals surface area contributed by atoms with E-state index in [4.69, 9.17) is 24.1 Å². The summed E-state index contributed by atoms with van der Waals surface area (Å²) in [6.45, 7) is 12.5. The molecule has 1 saturated heterocycles. The molecule has 4 nitrogen and oxygen atoms in total. The number of aryl methyl sites for hydroxylation is 4. The van der Waals surface area contributed by atoms with Gasteiger partial charge >= 0.3 is 250 Å². The Kier molecular flexibility index (Phi) is 5.54. The second-order valence-electron chi connectivity index (χ2n) is 11.7. The fourth-order valence-electron chi connectivity index (χ4n) is 7.14. The van der Waals surface area contributed by atoms with Crippen molar-refractivity contribution in [2.24, 2.45) is 0 Å². The molecule has 7 heteroatoms. The monoisotopic (exact) mass is 702 g/mol. The standard InChI is InChI=1S/C34H34Cl2N2O2Te/c1-21-17-23(3)33-29(19-21)25(5)37-31(27-13-9-7-10-14-27)32(28-15-11-8-12-16-28)38-26(6)30-20-22(2)18-24(4)34(30)40-41(37,38,35,36)39-33/h7-20,31-32H,1-6H3/q+2/t31-,32-/m1/s1. The van der Waals surface area contributed by atoms with Crippen LogP contribution >= 0.6 is 17.9 Å². The molecular formula is C34H34Cl2N2O2Te+2. The number of fused-ring (bicyclic) bond motifs is 2. The zero-order chi connectivity index (χ0) is 29.0. The predicted molar refractivity (Wildman–Crippen MR) is 169 cm³/mol. The molecule has 3 heterocycles. The molecule has 0 N–H and O–H groups in total. The first-order valence-electron chi connectivity index (χ1n) is 13.9. The average Bonchev–Trinajstić information content (AvgIpc) is 3.15. The number of halogens is 2. The summed E-state index contributed by atoms with van der Waals surface area (Å²) in [5.41, 5.74) is 10.3. The van der Waals surface area contributed by atoms with E-state index in [1.54, 1.807) is 0 Å². The Hall–Kier alpha value is -2.81. The molecule has 0 unspecified atom stereocenters. The van der Waals surface area contributed by atoms with Gasteiger partial charge < -0.3 is 0 Å². The quantitative estimate of drug-likeness (QED) is 0.197. The van der Waals surface area contributed by atoms with E-state index in [2.05, 4.69) is 120 Å². The van der Waals surface area contributed by atoms with Gasteiger partial charge in [-0.1, -0.05) is 0 Å². The first-order valence-corrected chi connectivity index (χ1v) is 23.8. The van der Waals surface area contributed by atoms with Crippen molar-refractivity contribution in [2.45, 2.75) is 53.6 Å². The molecule has 7 rings (SSSR count). The fourth-order valence-corrected chi connectivity index (χ4v) is 26.4. The number of benzene rings is 4. The van der Waals surface area contributed by atoms with Gasteiger partial charge in [-0.2, -0.15) is 0 Å². The summed E-state index contributed by atoms with van der Waals surface area (Å²) in [5, 5.41) is 0. The van der Waals surface area contributed by atoms with Crippen LogP contribution in [0.5, 0.6) is 11.5 Å². The van der Waals surface area contributed by atoms with E-state index >= 15 is 0 Å². The number of nitrogens with zero attached hydrogens (tertiary/aromatic N) is 2. The Morgan fingerprint density at radius 2 is 0.927 bits per heavy atom. The maximum atomic E-state index is 8.37. The topological polar surface area (TPSA) is 24.5 Å². The van der Waals surface area contributed by atoms with Crippen LogP contribution in [0.2, 0.25) is 0 Å². The molecule has 0 aliphatic carbocycles. The van der Waals surface area contributed by atoms with Crippen LogP contribution in [-0.4, -0.2) is 31.6 Å². The summed E-state index contributed by atoms with van der Waals surface area (Å²) in [7, 11) is 16.7. The van der Waals surface area contributed by atoms with Crippen molar-refractivity contribution in [2.75, 3.05) is 0 Å². The molecule has 0 aromatic heterocycles. The van der Waals surface area contributed by atoms with Crippen molar-refractivity contribution < 1.29 is 11.9 Å². The van der Waals surface area contributed by atoms with Gasteiger partial charge in [-0.3, -0.25) is 0 Å². The molecule has 1 fully saturated rings. The summed E-state index contributed by atoms with van der Waals surface area (Å²) in [5.74, 6) is 1.37. The van der Waals surface area contributed by atoms with E-state index in [-0.39, 0.29) is 12.1 Å². The van der Waals surface area contributed by atoms with Gasteiger partial charge in [-0.15, -0.1) is 0 Å². The summed E-state index contributed by atoms with van der Waals surface area (Å²) >= 11 is -6.59. The normalized spacial score (nSPS) is 24.3. The molecule has 1 spiro atoms. The second kappa shape index (κ2) is 8.39. The van der Waals surface area contributed by atoms with Gasteiger partial charge in [0.15, 0.2) is 0 Å². The molecule has 3 aliphatic heterocycles. The molecule has 210 valence electrons. The molecule has 0 amide bonds. The molecule has 4 aromatic carbocycles. The minimum absolute atomic E-state index is 0.293. The van der Waals surface area contributed by atoms with Crippen LogP contribution in [0.3, 0.4) is 0 Å². The van der Waals surface area contributed by atoms with Gasteiger partial charge in [0.2, 0.25) is 0 Å². The van der Waals surface area contributed by atoms with Crippen molar-refractivity contribution in [3.8, 4) is 11.5 Å². The van der Waals surface area contributed by atoms with E-state index in [0.29, 0.717) is 11.5 Å². The van der Waals surface area contributed by atoms with Gasteiger partial charge in [0, 0.05) is 0 Å². The number of hydrogen-bond acceptors (Lipinski definition) is 2. The Labute approximate surface area is 248 Å². The summed E-state index contributed by atoms with van der Waals surface area (Å²) < 4.78 is 18.9. The SMILES string of the molecule is CC1=[N+]2[C@H](c3ccccc3)[C@@H](c3ccccc3)[N+]3=C(C)c4cc(C)cc(C)c4O[Te]23(Cl)(Cl)Oc2c(C)cc(C)cc21. The van der Waals surface area contributed by atoms with E-state index in [1.807, 2.05) is 12.1 Å². The molecule has 41 heavy (non-hydrogen) atoms. The summed E-state index contributed by atoms with van der Waals surface area (Å²) in [6, 6.07) is 28.9. The molecular weight excluding hydrogens is 667 g/mol. The van der Waals surface area contributed by atoms with Gasteiger partial charge in [-0.05, 0) is 0 Å². The molecule has 0 bridgehead atoms. The second-order valence-corrected chi connectivity index (χ2v) is 31.0. The van der Waals surface area contributed by atoms with Gasteiger partial charge in [-0.25, -0.2) is 0 Å². The number of hydrogen-bond donors (Lipinski definition) is 0. The third kappa shape index (κ3) is 3.47. The minimum atomic E-state index is -6.59. The molecule has 0 saturated carbocycles. The number of rotatable bonds is 2. The van der Waals surface area contributed by atoms with Crippen molar-refractivity contribution in [3.63, 3.8) is 0 Å². The van der Waals surface area contributed by atoms with Crippen molar-refractivity contribution in [3.05, 3.63) is 129 Å². The van der Waals surface area contributed by atoms with Gasteiger partial charge in [0.1, 0.15) is 0 Å². The predicted octanol–water partition coefficient (Wildman–Crippen LogP) is 8.36.